The molecule has 2 N–H and O–H groups in total. The third-order valence-corrected chi connectivity index (χ3v) is 3.92. The van der Waals surface area contributed by atoms with Crippen LogP contribution in [-0.4, -0.2) is 23.1 Å². The smallest absolute Gasteiger partial charge is 0.269 e. The van der Waals surface area contributed by atoms with Gasteiger partial charge in [-0.15, -0.1) is 11.3 Å². The van der Waals surface area contributed by atoms with E-state index in [0.717, 1.165) is 23.4 Å². The fourth-order valence-electron chi connectivity index (χ4n) is 1.84. The summed E-state index contributed by atoms with van der Waals surface area (Å²) in [5.41, 5.74) is 1.14. The van der Waals surface area contributed by atoms with E-state index < -0.39 is 11.0 Å². The predicted molar refractivity (Wildman–Crippen MR) is 78.9 cm³/mol. The summed E-state index contributed by atoms with van der Waals surface area (Å²) in [5.74, 6) is 0. The normalized spacial score (nSPS) is 12.2. The van der Waals surface area contributed by atoms with Crippen molar-refractivity contribution in [2.24, 2.45) is 0 Å². The Morgan fingerprint density at radius 1 is 1.30 bits per heavy atom. The van der Waals surface area contributed by atoms with Crippen LogP contribution in [-0.2, 0) is 6.42 Å². The second-order valence-corrected chi connectivity index (χ2v) is 5.39. The molecule has 2 aromatic rings. The molecule has 2 rings (SSSR count). The van der Waals surface area contributed by atoms with Crippen LogP contribution in [0.3, 0.4) is 0 Å². The van der Waals surface area contributed by atoms with Crippen LogP contribution in [0.2, 0.25) is 0 Å². The summed E-state index contributed by atoms with van der Waals surface area (Å²) in [6.45, 7) is 1.23. The highest BCUT2D eigenvalue weighted by atomic mass is 32.1. The number of aliphatic hydroxyl groups is 1. The van der Waals surface area contributed by atoms with Gasteiger partial charge in [-0.2, -0.15) is 0 Å². The largest absolute Gasteiger partial charge is 0.386 e. The van der Waals surface area contributed by atoms with Crippen molar-refractivity contribution in [2.75, 3.05) is 13.1 Å². The van der Waals surface area contributed by atoms with E-state index in [1.54, 1.807) is 12.1 Å². The summed E-state index contributed by atoms with van der Waals surface area (Å²) in [4.78, 5) is 11.1. The van der Waals surface area contributed by atoms with Gasteiger partial charge >= 0.3 is 0 Å². The molecular formula is C14H16N2O3S. The van der Waals surface area contributed by atoms with Gasteiger partial charge in [-0.3, -0.25) is 10.1 Å². The Balaban J connectivity index is 1.72. The van der Waals surface area contributed by atoms with Crippen LogP contribution in [0, 0.1) is 10.1 Å². The number of rotatable bonds is 7. The molecule has 0 aliphatic rings. The van der Waals surface area contributed by atoms with Crippen LogP contribution >= 0.6 is 11.3 Å². The zero-order chi connectivity index (χ0) is 14.4. The highest BCUT2D eigenvalue weighted by molar-refractivity contribution is 7.10. The first kappa shape index (κ1) is 14.6. The number of nitrogens with zero attached hydrogens (tertiary/aromatic N) is 1. The topological polar surface area (TPSA) is 75.4 Å². The summed E-state index contributed by atoms with van der Waals surface area (Å²) >= 11 is 1.54. The number of nitro benzene ring substituents is 1. The average molecular weight is 292 g/mol. The lowest BCUT2D eigenvalue weighted by Gasteiger charge is -2.10. The maximum atomic E-state index is 10.5. The molecule has 1 unspecified atom stereocenters. The molecule has 1 atom stereocenters. The zero-order valence-corrected chi connectivity index (χ0v) is 11.7. The van der Waals surface area contributed by atoms with Gasteiger partial charge in [-0.25, -0.2) is 0 Å². The number of aliphatic hydroxyl groups excluding tert-OH is 1. The highest BCUT2D eigenvalue weighted by Gasteiger charge is 2.07. The van der Waals surface area contributed by atoms with Gasteiger partial charge in [0.1, 0.15) is 6.10 Å². The standard InChI is InChI=1S/C14H16N2O3S/c17-13(14-2-1-9-20-14)10-15-8-7-11-3-5-12(6-4-11)16(18)19/h1-6,9,13,15,17H,7-8,10H2. The first-order valence-electron chi connectivity index (χ1n) is 6.32. The van der Waals surface area contributed by atoms with Gasteiger partial charge in [0.2, 0.25) is 0 Å². The summed E-state index contributed by atoms with van der Waals surface area (Å²) in [6, 6.07) is 10.4. The predicted octanol–water partition coefficient (Wildman–Crippen LogP) is 2.52. The summed E-state index contributed by atoms with van der Waals surface area (Å²) in [6.07, 6.45) is 0.293. The lowest BCUT2D eigenvalue weighted by Crippen LogP contribution is -2.23. The van der Waals surface area contributed by atoms with Crippen molar-refractivity contribution in [3.63, 3.8) is 0 Å². The number of hydrogen-bond donors (Lipinski definition) is 2. The fraction of sp³-hybridized carbons (Fsp3) is 0.286. The molecule has 0 radical (unpaired) electrons. The third kappa shape index (κ3) is 4.12. The molecule has 1 aromatic carbocycles. The van der Waals surface area contributed by atoms with Gasteiger partial charge in [0.15, 0.2) is 0 Å². The molecule has 6 heteroatoms. The number of benzene rings is 1. The number of thiophene rings is 1. The molecule has 0 fully saturated rings. The van der Waals surface area contributed by atoms with E-state index >= 15 is 0 Å². The summed E-state index contributed by atoms with van der Waals surface area (Å²) < 4.78 is 0. The van der Waals surface area contributed by atoms with Gasteiger partial charge < -0.3 is 10.4 Å². The maximum Gasteiger partial charge on any atom is 0.269 e. The fourth-order valence-corrected chi connectivity index (χ4v) is 2.55. The van der Waals surface area contributed by atoms with Crippen molar-refractivity contribution in [2.45, 2.75) is 12.5 Å². The van der Waals surface area contributed by atoms with Crippen molar-refractivity contribution in [1.82, 2.24) is 5.32 Å². The number of nitrogens with one attached hydrogen (secondary N) is 1. The van der Waals surface area contributed by atoms with Crippen molar-refractivity contribution in [3.8, 4) is 0 Å². The average Bonchev–Trinajstić information content (AvgIpc) is 2.98. The Hall–Kier alpha value is -1.76. The minimum Gasteiger partial charge on any atom is -0.386 e. The molecule has 20 heavy (non-hydrogen) atoms. The van der Waals surface area contributed by atoms with Crippen LogP contribution in [0.4, 0.5) is 5.69 Å². The van der Waals surface area contributed by atoms with Gasteiger partial charge in [-0.1, -0.05) is 18.2 Å². The molecule has 1 heterocycles. The van der Waals surface area contributed by atoms with Gasteiger partial charge in [-0.05, 0) is 30.0 Å². The third-order valence-electron chi connectivity index (χ3n) is 2.95. The molecule has 0 saturated heterocycles. The molecular weight excluding hydrogens is 276 g/mol. The Bertz CT molecular complexity index is 540. The highest BCUT2D eigenvalue weighted by Crippen LogP contribution is 2.17. The Morgan fingerprint density at radius 3 is 2.65 bits per heavy atom. The summed E-state index contributed by atoms with van der Waals surface area (Å²) in [7, 11) is 0. The Labute approximate surface area is 121 Å². The molecule has 0 aliphatic heterocycles. The minimum atomic E-state index is -0.480. The number of nitro groups is 1. The van der Waals surface area contributed by atoms with E-state index in [4.69, 9.17) is 0 Å². The van der Waals surface area contributed by atoms with E-state index in [0.29, 0.717) is 6.54 Å². The van der Waals surface area contributed by atoms with Crippen molar-refractivity contribution < 1.29 is 10.0 Å². The molecule has 0 bridgehead atoms. The van der Waals surface area contributed by atoms with Crippen LogP contribution in [0.25, 0.3) is 0 Å². The van der Waals surface area contributed by atoms with E-state index in [1.165, 1.54) is 23.5 Å². The number of non-ortho nitro benzene ring substituents is 1. The van der Waals surface area contributed by atoms with Crippen LogP contribution in [0.5, 0.6) is 0 Å². The van der Waals surface area contributed by atoms with E-state index in [1.807, 2.05) is 17.5 Å². The second kappa shape index (κ2) is 7.14. The lowest BCUT2D eigenvalue weighted by atomic mass is 10.1. The lowest BCUT2D eigenvalue weighted by molar-refractivity contribution is -0.384. The zero-order valence-electron chi connectivity index (χ0n) is 10.9. The van der Waals surface area contributed by atoms with Crippen molar-refractivity contribution in [3.05, 3.63) is 62.3 Å². The monoisotopic (exact) mass is 292 g/mol. The van der Waals surface area contributed by atoms with Crippen molar-refractivity contribution in [1.29, 1.82) is 0 Å². The van der Waals surface area contributed by atoms with Crippen LogP contribution in [0.15, 0.2) is 41.8 Å². The number of hydrogen-bond acceptors (Lipinski definition) is 5. The SMILES string of the molecule is O=[N+]([O-])c1ccc(CCNCC(O)c2cccs2)cc1. The molecule has 0 aliphatic carbocycles. The minimum absolute atomic E-state index is 0.106. The van der Waals surface area contributed by atoms with E-state index in [-0.39, 0.29) is 5.69 Å². The van der Waals surface area contributed by atoms with Crippen LogP contribution in [0.1, 0.15) is 16.5 Å². The molecule has 5 nitrogen and oxygen atoms in total. The molecule has 0 saturated carbocycles. The molecule has 1 aromatic heterocycles. The van der Waals surface area contributed by atoms with E-state index in [2.05, 4.69) is 5.32 Å². The van der Waals surface area contributed by atoms with Gasteiger partial charge in [0.05, 0.1) is 4.92 Å². The Kier molecular flexibility index (Phi) is 5.23. The first-order valence-corrected chi connectivity index (χ1v) is 7.20. The van der Waals surface area contributed by atoms with Crippen LogP contribution < -0.4 is 5.32 Å². The van der Waals surface area contributed by atoms with E-state index in [9.17, 15) is 15.2 Å². The quantitative estimate of drug-likeness (QED) is 0.467. The van der Waals surface area contributed by atoms with Gasteiger partial charge in [0.25, 0.3) is 5.69 Å². The first-order chi connectivity index (χ1) is 9.66. The second-order valence-electron chi connectivity index (χ2n) is 4.41. The molecule has 0 amide bonds. The van der Waals surface area contributed by atoms with Crippen molar-refractivity contribution >= 4 is 17.0 Å². The molecule has 106 valence electrons. The maximum absolute atomic E-state index is 10.5. The summed E-state index contributed by atoms with van der Waals surface area (Å²) in [5, 5.41) is 25.5. The van der Waals surface area contributed by atoms with Gasteiger partial charge in [0, 0.05) is 23.6 Å². The molecule has 0 spiro atoms. The Morgan fingerprint density at radius 2 is 2.05 bits per heavy atom.